The van der Waals surface area contributed by atoms with Crippen LogP contribution in [0.3, 0.4) is 0 Å². The Balaban J connectivity index is 0.00000133. The molecule has 1 fully saturated rings. The number of nitrogens with zero attached hydrogens (tertiary/aromatic N) is 1. The maximum atomic E-state index is 8.88. The molecule has 0 saturated carbocycles. The van der Waals surface area contributed by atoms with Gasteiger partial charge in [0.25, 0.3) is 0 Å². The summed E-state index contributed by atoms with van der Waals surface area (Å²) in [4.78, 5) is 0. The summed E-state index contributed by atoms with van der Waals surface area (Å²) in [6.07, 6.45) is 8.56. The minimum absolute atomic E-state index is 0. The second-order valence-corrected chi connectivity index (χ2v) is 6.22. The van der Waals surface area contributed by atoms with E-state index in [1.165, 1.54) is 38.1 Å². The highest BCUT2D eigenvalue weighted by molar-refractivity contribution is 5.76. The molecular weight excluding hydrogens is 262 g/mol. The standard InChI is InChI=1S/C14H25N3O.ClH/c1-10-8-12-5-6-13-9-11(4-2-3-7-18)16-14(15-10)17(12)13;/h10-13,18H,2-9H2,1H3,(H,15,16);1H/t10-,11+,12+,13-;/m1./s1. The second-order valence-electron chi connectivity index (χ2n) is 6.22. The van der Waals surface area contributed by atoms with Gasteiger partial charge in [-0.3, -0.25) is 15.2 Å². The van der Waals surface area contributed by atoms with E-state index in [0.717, 1.165) is 24.9 Å². The van der Waals surface area contributed by atoms with Crippen molar-refractivity contribution in [3.63, 3.8) is 0 Å². The van der Waals surface area contributed by atoms with Gasteiger partial charge in [-0.15, -0.1) is 0 Å². The quantitative estimate of drug-likeness (QED) is 0.406. The molecule has 4 atom stereocenters. The van der Waals surface area contributed by atoms with Gasteiger partial charge in [0, 0.05) is 19.4 Å². The third-order valence-corrected chi connectivity index (χ3v) is 4.74. The van der Waals surface area contributed by atoms with Gasteiger partial charge in [0.15, 0.2) is 0 Å². The molecule has 0 aliphatic carbocycles. The number of aliphatic hydroxyl groups excluding tert-OH is 1. The summed E-state index contributed by atoms with van der Waals surface area (Å²) < 4.78 is 2.61. The highest BCUT2D eigenvalue weighted by atomic mass is 35.5. The summed E-state index contributed by atoms with van der Waals surface area (Å²) in [5, 5.41) is 16.2. The molecule has 0 aromatic carbocycles. The van der Waals surface area contributed by atoms with Gasteiger partial charge < -0.3 is 17.5 Å². The molecule has 3 heterocycles. The van der Waals surface area contributed by atoms with Gasteiger partial charge >= 0.3 is 5.96 Å². The van der Waals surface area contributed by atoms with E-state index in [0.29, 0.717) is 18.7 Å². The van der Waals surface area contributed by atoms with Crippen molar-refractivity contribution in [1.82, 2.24) is 10.6 Å². The zero-order valence-electron chi connectivity index (χ0n) is 11.7. The molecule has 0 aromatic rings. The lowest BCUT2D eigenvalue weighted by molar-refractivity contribution is -0.593. The molecule has 3 aliphatic rings. The smallest absolute Gasteiger partial charge is 0.346 e. The SMILES string of the molecule is C[C@@H]1C[C@@H]2CC[C@@H]3C[C@H](CCCCO)NC(=[N+]32)N1.[Cl-]. The van der Waals surface area contributed by atoms with Crippen molar-refractivity contribution in [3.8, 4) is 0 Å². The number of guanidine groups is 1. The first-order chi connectivity index (χ1) is 8.78. The Hall–Kier alpha value is -0.480. The lowest BCUT2D eigenvalue weighted by Crippen LogP contribution is -3.00. The monoisotopic (exact) mass is 287 g/mol. The van der Waals surface area contributed by atoms with Crippen LogP contribution < -0.4 is 23.0 Å². The van der Waals surface area contributed by atoms with Crippen LogP contribution in [0.5, 0.6) is 0 Å². The molecule has 0 aromatic heterocycles. The van der Waals surface area contributed by atoms with Gasteiger partial charge in [-0.25, -0.2) is 0 Å². The zero-order valence-corrected chi connectivity index (χ0v) is 12.5. The van der Waals surface area contributed by atoms with Gasteiger partial charge in [-0.05, 0) is 39.0 Å². The number of hydrogen-bond acceptors (Lipinski definition) is 3. The van der Waals surface area contributed by atoms with Crippen molar-refractivity contribution in [3.05, 3.63) is 0 Å². The van der Waals surface area contributed by atoms with E-state index in [-0.39, 0.29) is 12.4 Å². The Bertz CT molecular complexity index is 348. The van der Waals surface area contributed by atoms with Gasteiger partial charge in [-0.2, -0.15) is 0 Å². The van der Waals surface area contributed by atoms with Crippen LogP contribution in [-0.2, 0) is 0 Å². The van der Waals surface area contributed by atoms with Crippen LogP contribution in [0.4, 0.5) is 0 Å². The largest absolute Gasteiger partial charge is 1.00 e. The fourth-order valence-electron chi connectivity index (χ4n) is 3.95. The van der Waals surface area contributed by atoms with E-state index in [1.54, 1.807) is 0 Å². The number of rotatable bonds is 4. The lowest BCUT2D eigenvalue weighted by atomic mass is 9.99. The summed E-state index contributed by atoms with van der Waals surface area (Å²) >= 11 is 0. The second kappa shape index (κ2) is 6.31. The van der Waals surface area contributed by atoms with Gasteiger partial charge in [0.1, 0.15) is 0 Å². The molecule has 5 heteroatoms. The molecular formula is C14H26ClN3O. The predicted molar refractivity (Wildman–Crippen MR) is 71.8 cm³/mol. The van der Waals surface area contributed by atoms with Crippen LogP contribution in [0.15, 0.2) is 0 Å². The Morgan fingerprint density at radius 3 is 2.63 bits per heavy atom. The van der Waals surface area contributed by atoms with E-state index in [9.17, 15) is 0 Å². The summed E-state index contributed by atoms with van der Waals surface area (Å²) in [6, 6.07) is 2.73. The van der Waals surface area contributed by atoms with Crippen LogP contribution in [-0.4, -0.2) is 46.4 Å². The average Bonchev–Trinajstić information content (AvgIpc) is 2.73. The van der Waals surface area contributed by atoms with Crippen LogP contribution in [0.2, 0.25) is 0 Å². The first-order valence-electron chi connectivity index (χ1n) is 7.57. The molecule has 0 amide bonds. The van der Waals surface area contributed by atoms with E-state index < -0.39 is 0 Å². The molecule has 3 aliphatic heterocycles. The summed E-state index contributed by atoms with van der Waals surface area (Å²) in [7, 11) is 0. The van der Waals surface area contributed by atoms with Crippen LogP contribution in [0.25, 0.3) is 0 Å². The maximum Gasteiger partial charge on any atom is 0.346 e. The fraction of sp³-hybridized carbons (Fsp3) is 0.929. The van der Waals surface area contributed by atoms with Crippen molar-refractivity contribution >= 4 is 5.96 Å². The number of nitrogens with one attached hydrogen (secondary N) is 2. The molecule has 0 unspecified atom stereocenters. The van der Waals surface area contributed by atoms with E-state index >= 15 is 0 Å². The van der Waals surface area contributed by atoms with Crippen LogP contribution >= 0.6 is 0 Å². The molecule has 1 saturated heterocycles. The molecule has 3 N–H and O–H groups in total. The Kier molecular flexibility index (Phi) is 4.96. The third-order valence-electron chi connectivity index (χ3n) is 4.74. The number of unbranched alkanes of at least 4 members (excludes halogenated alkanes) is 1. The zero-order chi connectivity index (χ0) is 12.5. The van der Waals surface area contributed by atoms with Crippen molar-refractivity contribution in [2.45, 2.75) is 76.0 Å². The minimum Gasteiger partial charge on any atom is -1.00 e. The van der Waals surface area contributed by atoms with Gasteiger partial charge in [0.2, 0.25) is 0 Å². The Labute approximate surface area is 122 Å². The van der Waals surface area contributed by atoms with Crippen molar-refractivity contribution in [2.24, 2.45) is 0 Å². The average molecular weight is 288 g/mol. The Morgan fingerprint density at radius 1 is 1.16 bits per heavy atom. The van der Waals surface area contributed by atoms with Gasteiger partial charge in [0.05, 0.1) is 24.2 Å². The fourth-order valence-corrected chi connectivity index (χ4v) is 3.95. The molecule has 0 bridgehead atoms. The molecule has 110 valence electrons. The topological polar surface area (TPSA) is 47.3 Å². The highest BCUT2D eigenvalue weighted by Gasteiger charge is 2.44. The third kappa shape index (κ3) is 3.00. The van der Waals surface area contributed by atoms with Crippen LogP contribution in [0.1, 0.15) is 51.9 Å². The van der Waals surface area contributed by atoms with Crippen LogP contribution in [0, 0.1) is 0 Å². The predicted octanol–water partition coefficient (Wildman–Crippen LogP) is -2.20. The van der Waals surface area contributed by atoms with Crippen molar-refractivity contribution in [1.29, 1.82) is 0 Å². The first-order valence-corrected chi connectivity index (χ1v) is 7.57. The van der Waals surface area contributed by atoms with E-state index in [2.05, 4.69) is 22.1 Å². The first kappa shape index (κ1) is 14.9. The molecule has 3 rings (SSSR count). The summed E-state index contributed by atoms with van der Waals surface area (Å²) in [6.45, 7) is 2.62. The summed E-state index contributed by atoms with van der Waals surface area (Å²) in [5.41, 5.74) is 0. The Morgan fingerprint density at radius 2 is 1.89 bits per heavy atom. The molecule has 4 nitrogen and oxygen atoms in total. The minimum atomic E-state index is 0. The highest BCUT2D eigenvalue weighted by Crippen LogP contribution is 2.31. The molecule has 0 spiro atoms. The normalized spacial score (nSPS) is 36.1. The molecule has 19 heavy (non-hydrogen) atoms. The van der Waals surface area contributed by atoms with Gasteiger partial charge in [-0.1, -0.05) is 0 Å². The van der Waals surface area contributed by atoms with E-state index in [1.807, 2.05) is 0 Å². The number of hydrogen-bond donors (Lipinski definition) is 3. The van der Waals surface area contributed by atoms with Crippen molar-refractivity contribution in [2.75, 3.05) is 6.61 Å². The van der Waals surface area contributed by atoms with E-state index in [4.69, 9.17) is 5.11 Å². The molecule has 0 radical (unpaired) electrons. The lowest BCUT2D eigenvalue weighted by Gasteiger charge is -2.35. The number of halogens is 1. The maximum absolute atomic E-state index is 8.88. The number of aliphatic hydroxyl groups is 1. The summed E-state index contributed by atoms with van der Waals surface area (Å²) in [5.74, 6) is 1.29. The van der Waals surface area contributed by atoms with Crippen molar-refractivity contribution < 1.29 is 22.1 Å².